The van der Waals surface area contributed by atoms with E-state index in [0.29, 0.717) is 0 Å². The third kappa shape index (κ3) is 1.82. The van der Waals surface area contributed by atoms with Gasteiger partial charge in [0.2, 0.25) is 0 Å². The molecule has 0 saturated heterocycles. The molecule has 1 aromatic rings. The fraction of sp³-hybridized carbons (Fsp3) is 0.545. The molecule has 1 aromatic heterocycles. The summed E-state index contributed by atoms with van der Waals surface area (Å²) >= 11 is 0. The molecule has 2 nitrogen and oxygen atoms in total. The van der Waals surface area contributed by atoms with Crippen LogP contribution in [0.4, 0.5) is 0 Å². The van der Waals surface area contributed by atoms with Crippen LogP contribution in [0.5, 0.6) is 0 Å². The third-order valence-corrected chi connectivity index (χ3v) is 2.67. The minimum absolute atomic E-state index is 0.740. The summed E-state index contributed by atoms with van der Waals surface area (Å²) in [6.45, 7) is 2.29. The maximum Gasteiger partial charge on any atom is 0.0564 e. The molecule has 0 aliphatic heterocycles. The van der Waals surface area contributed by atoms with Crippen molar-refractivity contribution in [1.82, 2.24) is 9.78 Å². The van der Waals surface area contributed by atoms with Gasteiger partial charge in [0.05, 0.1) is 6.20 Å². The van der Waals surface area contributed by atoms with Gasteiger partial charge in [0.1, 0.15) is 0 Å². The highest BCUT2D eigenvalue weighted by Gasteiger charge is 2.11. The first kappa shape index (κ1) is 8.54. The fourth-order valence-electron chi connectivity index (χ4n) is 1.95. The third-order valence-electron chi connectivity index (χ3n) is 2.67. The zero-order valence-corrected chi connectivity index (χ0v) is 8.33. The Labute approximate surface area is 79.3 Å². The number of hydrogen-bond acceptors (Lipinski definition) is 1. The second-order valence-corrected chi connectivity index (χ2v) is 3.96. The van der Waals surface area contributed by atoms with Gasteiger partial charge in [-0.05, 0) is 30.8 Å². The molecule has 0 N–H and O–H groups in total. The van der Waals surface area contributed by atoms with Crippen molar-refractivity contribution in [1.29, 1.82) is 0 Å². The van der Waals surface area contributed by atoms with E-state index in [1.54, 1.807) is 0 Å². The Balaban J connectivity index is 2.25. The normalized spacial score (nSPS) is 22.9. The van der Waals surface area contributed by atoms with Crippen molar-refractivity contribution in [3.8, 4) is 0 Å². The van der Waals surface area contributed by atoms with Crippen molar-refractivity contribution in [2.75, 3.05) is 0 Å². The molecule has 0 amide bonds. The second kappa shape index (κ2) is 3.36. The van der Waals surface area contributed by atoms with Crippen molar-refractivity contribution < 1.29 is 0 Å². The van der Waals surface area contributed by atoms with Gasteiger partial charge in [0, 0.05) is 18.8 Å². The van der Waals surface area contributed by atoms with Gasteiger partial charge in [0.15, 0.2) is 0 Å². The van der Waals surface area contributed by atoms with Crippen LogP contribution in [0.2, 0.25) is 0 Å². The maximum absolute atomic E-state index is 4.19. The Morgan fingerprint density at radius 1 is 1.54 bits per heavy atom. The standard InChI is InChI=1S/C11H16N2/c1-9-4-3-5-10(6-9)11-7-12-13(2)8-11/h6-9H,3-5H2,1-2H3/t9-/m0/s1. The van der Waals surface area contributed by atoms with Crippen LogP contribution < -0.4 is 0 Å². The van der Waals surface area contributed by atoms with Gasteiger partial charge in [-0.2, -0.15) is 5.10 Å². The van der Waals surface area contributed by atoms with E-state index in [-0.39, 0.29) is 0 Å². The smallest absolute Gasteiger partial charge is 0.0564 e. The van der Waals surface area contributed by atoms with Gasteiger partial charge in [-0.25, -0.2) is 0 Å². The number of nitrogens with zero attached hydrogens (tertiary/aromatic N) is 2. The molecule has 1 atom stereocenters. The maximum atomic E-state index is 4.19. The van der Waals surface area contributed by atoms with Gasteiger partial charge in [-0.3, -0.25) is 4.68 Å². The molecule has 0 saturated carbocycles. The Hall–Kier alpha value is -1.05. The average Bonchev–Trinajstić information content (AvgIpc) is 2.52. The predicted molar refractivity (Wildman–Crippen MR) is 54.2 cm³/mol. The summed E-state index contributed by atoms with van der Waals surface area (Å²) in [5.41, 5.74) is 2.78. The van der Waals surface area contributed by atoms with E-state index in [0.717, 1.165) is 5.92 Å². The topological polar surface area (TPSA) is 17.8 Å². The van der Waals surface area contributed by atoms with E-state index < -0.39 is 0 Å². The van der Waals surface area contributed by atoms with E-state index in [2.05, 4.69) is 24.3 Å². The minimum Gasteiger partial charge on any atom is -0.275 e. The van der Waals surface area contributed by atoms with Crippen LogP contribution >= 0.6 is 0 Å². The van der Waals surface area contributed by atoms with Crippen LogP contribution in [0.25, 0.3) is 5.57 Å². The van der Waals surface area contributed by atoms with E-state index >= 15 is 0 Å². The number of aromatic nitrogens is 2. The lowest BCUT2D eigenvalue weighted by Crippen LogP contribution is -1.99. The molecule has 1 aliphatic carbocycles. The molecule has 2 rings (SSSR count). The summed E-state index contributed by atoms with van der Waals surface area (Å²) in [5.74, 6) is 0.740. The predicted octanol–water partition coefficient (Wildman–Crippen LogP) is 2.62. The summed E-state index contributed by atoms with van der Waals surface area (Å²) in [7, 11) is 1.97. The lowest BCUT2D eigenvalue weighted by atomic mass is 9.89. The number of rotatable bonds is 1. The zero-order chi connectivity index (χ0) is 9.26. The Kier molecular flexibility index (Phi) is 2.21. The molecule has 0 fully saturated rings. The first-order valence-electron chi connectivity index (χ1n) is 4.95. The summed E-state index contributed by atoms with van der Waals surface area (Å²) in [6.07, 6.45) is 10.3. The van der Waals surface area contributed by atoms with Gasteiger partial charge < -0.3 is 0 Å². The molecule has 0 unspecified atom stereocenters. The zero-order valence-electron chi connectivity index (χ0n) is 8.33. The van der Waals surface area contributed by atoms with Gasteiger partial charge in [-0.15, -0.1) is 0 Å². The fourth-order valence-corrected chi connectivity index (χ4v) is 1.95. The highest BCUT2D eigenvalue weighted by atomic mass is 15.2. The highest BCUT2D eigenvalue weighted by molar-refractivity contribution is 5.65. The first-order valence-corrected chi connectivity index (χ1v) is 4.95. The molecule has 13 heavy (non-hydrogen) atoms. The van der Waals surface area contributed by atoms with Crippen LogP contribution in [0.3, 0.4) is 0 Å². The minimum atomic E-state index is 0.740. The molecule has 0 bridgehead atoms. The first-order chi connectivity index (χ1) is 6.25. The summed E-state index contributed by atoms with van der Waals surface area (Å²) in [6, 6.07) is 0. The molecule has 0 radical (unpaired) electrons. The van der Waals surface area contributed by atoms with Gasteiger partial charge in [0.25, 0.3) is 0 Å². The van der Waals surface area contributed by atoms with E-state index in [9.17, 15) is 0 Å². The van der Waals surface area contributed by atoms with E-state index in [4.69, 9.17) is 0 Å². The second-order valence-electron chi connectivity index (χ2n) is 3.96. The molecule has 2 heteroatoms. The van der Waals surface area contributed by atoms with Crippen molar-refractivity contribution in [3.05, 3.63) is 24.0 Å². The molecule has 70 valence electrons. The number of aryl methyl sites for hydroxylation is 1. The Bertz CT molecular complexity index is 323. The van der Waals surface area contributed by atoms with Crippen LogP contribution in [0, 0.1) is 5.92 Å². The van der Waals surface area contributed by atoms with Gasteiger partial charge in [-0.1, -0.05) is 13.0 Å². The Morgan fingerprint density at radius 2 is 2.38 bits per heavy atom. The molecule has 0 spiro atoms. The molecular formula is C11H16N2. The average molecular weight is 176 g/mol. The van der Waals surface area contributed by atoms with Crippen molar-refractivity contribution in [2.45, 2.75) is 26.2 Å². The molecule has 0 aromatic carbocycles. The quantitative estimate of drug-likeness (QED) is 0.643. The van der Waals surface area contributed by atoms with Crippen molar-refractivity contribution in [2.24, 2.45) is 13.0 Å². The summed E-state index contributed by atoms with van der Waals surface area (Å²) in [5, 5.41) is 4.19. The summed E-state index contributed by atoms with van der Waals surface area (Å²) < 4.78 is 1.87. The lowest BCUT2D eigenvalue weighted by Gasteiger charge is -2.16. The van der Waals surface area contributed by atoms with Crippen molar-refractivity contribution in [3.63, 3.8) is 0 Å². The van der Waals surface area contributed by atoms with E-state index in [1.165, 1.54) is 30.4 Å². The largest absolute Gasteiger partial charge is 0.275 e. The van der Waals surface area contributed by atoms with Gasteiger partial charge >= 0.3 is 0 Å². The van der Waals surface area contributed by atoms with Crippen LogP contribution in [-0.4, -0.2) is 9.78 Å². The van der Waals surface area contributed by atoms with Crippen LogP contribution in [-0.2, 0) is 7.05 Å². The number of hydrogen-bond donors (Lipinski definition) is 0. The number of allylic oxidation sites excluding steroid dienone is 2. The molecule has 1 aliphatic rings. The monoisotopic (exact) mass is 176 g/mol. The lowest BCUT2D eigenvalue weighted by molar-refractivity contribution is 0.592. The molecule has 1 heterocycles. The Morgan fingerprint density at radius 3 is 3.00 bits per heavy atom. The highest BCUT2D eigenvalue weighted by Crippen LogP contribution is 2.29. The molecular weight excluding hydrogens is 160 g/mol. The van der Waals surface area contributed by atoms with Crippen LogP contribution in [0.1, 0.15) is 31.7 Å². The van der Waals surface area contributed by atoms with E-state index in [1.807, 2.05) is 17.9 Å². The van der Waals surface area contributed by atoms with Crippen LogP contribution in [0.15, 0.2) is 18.5 Å². The van der Waals surface area contributed by atoms with Crippen molar-refractivity contribution >= 4 is 5.57 Å². The summed E-state index contributed by atoms with van der Waals surface area (Å²) in [4.78, 5) is 0. The SMILES string of the molecule is C[C@@H]1C=C(c2cnn(C)c2)CCC1.